The molecule has 7 nitrogen and oxygen atoms in total. The quantitative estimate of drug-likeness (QED) is 0.850. The summed E-state index contributed by atoms with van der Waals surface area (Å²) in [6.45, 7) is 4.01. The predicted molar refractivity (Wildman–Crippen MR) is 93.0 cm³/mol. The minimum absolute atomic E-state index is 0.196. The zero-order chi connectivity index (χ0) is 18.0. The van der Waals surface area contributed by atoms with Gasteiger partial charge in [0, 0.05) is 24.4 Å². The molecule has 2 aromatic rings. The van der Waals surface area contributed by atoms with Crippen molar-refractivity contribution in [2.75, 3.05) is 6.54 Å². The monoisotopic (exact) mass is 343 g/mol. The number of aryl methyl sites for hydroxylation is 1. The Morgan fingerprint density at radius 2 is 2.04 bits per heavy atom. The second kappa shape index (κ2) is 6.70. The fraction of sp³-hybridized carbons (Fsp3) is 0.333. The van der Waals surface area contributed by atoms with Crippen LogP contribution in [0.1, 0.15) is 24.3 Å². The average molecular weight is 343 g/mol. The number of aromatic nitrogens is 2. The number of nitrogens with two attached hydrogens (primary N) is 1. The highest BCUT2D eigenvalue weighted by Gasteiger charge is 2.40. The molecule has 1 aliphatic heterocycles. The molecule has 0 saturated heterocycles. The second-order valence-electron chi connectivity index (χ2n) is 6.23. The van der Waals surface area contributed by atoms with Crippen LogP contribution >= 0.6 is 0 Å². The molecule has 1 aromatic heterocycles. The van der Waals surface area contributed by atoms with Crippen LogP contribution in [0.5, 0.6) is 0 Å². The van der Waals surface area contributed by atoms with Gasteiger partial charge in [-0.2, -0.15) is 0 Å². The standard InChI is InChI=1S/C18H21N3O4/c1-12-9-21(17(23)20-16(12)22)15-8-14(18(2,11-19)25-15)24-10-13-6-4-3-5-7-13/h3-9,15H,10-11,19H2,1-2H3,(H,20,22,23)/t15-,18?/m1/s1. The molecule has 0 spiro atoms. The van der Waals surface area contributed by atoms with Crippen molar-refractivity contribution in [2.45, 2.75) is 32.3 Å². The summed E-state index contributed by atoms with van der Waals surface area (Å²) in [5.41, 5.74) is 5.51. The lowest BCUT2D eigenvalue weighted by atomic mass is 10.1. The number of hydrogen-bond donors (Lipinski definition) is 2. The first kappa shape index (κ1) is 17.2. The van der Waals surface area contributed by atoms with Crippen molar-refractivity contribution in [1.29, 1.82) is 0 Å². The first-order chi connectivity index (χ1) is 11.9. The van der Waals surface area contributed by atoms with Crippen LogP contribution in [-0.2, 0) is 16.1 Å². The number of nitrogens with zero attached hydrogens (tertiary/aromatic N) is 1. The molecule has 0 aliphatic carbocycles. The highest BCUT2D eigenvalue weighted by atomic mass is 16.6. The number of H-pyrrole nitrogens is 1. The molecule has 3 N–H and O–H groups in total. The molecule has 2 atom stereocenters. The van der Waals surface area contributed by atoms with Gasteiger partial charge in [0.1, 0.15) is 18.0 Å². The topological polar surface area (TPSA) is 99.3 Å². The fourth-order valence-electron chi connectivity index (χ4n) is 2.66. The first-order valence-corrected chi connectivity index (χ1v) is 8.02. The summed E-state index contributed by atoms with van der Waals surface area (Å²) in [5.74, 6) is 0.569. The van der Waals surface area contributed by atoms with Crippen LogP contribution in [0.25, 0.3) is 0 Å². The minimum atomic E-state index is -0.844. The molecule has 25 heavy (non-hydrogen) atoms. The van der Waals surface area contributed by atoms with Crippen molar-refractivity contribution < 1.29 is 9.47 Å². The lowest BCUT2D eigenvalue weighted by Gasteiger charge is -2.27. The van der Waals surface area contributed by atoms with Crippen LogP contribution in [-0.4, -0.2) is 21.7 Å². The lowest BCUT2D eigenvalue weighted by Crippen LogP contribution is -2.40. The fourth-order valence-corrected chi connectivity index (χ4v) is 2.66. The Labute approximate surface area is 144 Å². The molecule has 7 heteroatoms. The Bertz CT molecular complexity index is 901. The molecule has 0 fully saturated rings. The van der Waals surface area contributed by atoms with Crippen LogP contribution in [0.4, 0.5) is 0 Å². The molecule has 1 aliphatic rings. The number of rotatable bonds is 5. The van der Waals surface area contributed by atoms with E-state index in [2.05, 4.69) is 4.98 Å². The van der Waals surface area contributed by atoms with Gasteiger partial charge in [-0.05, 0) is 19.4 Å². The summed E-state index contributed by atoms with van der Waals surface area (Å²) >= 11 is 0. The second-order valence-corrected chi connectivity index (χ2v) is 6.23. The van der Waals surface area contributed by atoms with Crippen molar-refractivity contribution >= 4 is 0 Å². The van der Waals surface area contributed by atoms with Gasteiger partial charge >= 0.3 is 5.69 Å². The highest BCUT2D eigenvalue weighted by molar-refractivity contribution is 5.20. The summed E-state index contributed by atoms with van der Waals surface area (Å²) in [6, 6.07) is 9.73. The third-order valence-electron chi connectivity index (χ3n) is 4.24. The lowest BCUT2D eigenvalue weighted by molar-refractivity contribution is -0.0678. The van der Waals surface area contributed by atoms with Gasteiger partial charge in [0.2, 0.25) is 0 Å². The number of ether oxygens (including phenoxy) is 2. The van der Waals surface area contributed by atoms with Crippen LogP contribution in [0.15, 0.2) is 58.0 Å². The Hall–Kier alpha value is -2.64. The van der Waals surface area contributed by atoms with Crippen molar-refractivity contribution in [3.05, 3.63) is 80.3 Å². The molecule has 132 valence electrons. The van der Waals surface area contributed by atoms with E-state index in [1.807, 2.05) is 37.3 Å². The van der Waals surface area contributed by atoms with E-state index in [1.165, 1.54) is 10.8 Å². The van der Waals surface area contributed by atoms with E-state index in [9.17, 15) is 9.59 Å². The van der Waals surface area contributed by atoms with E-state index in [-0.39, 0.29) is 6.54 Å². The predicted octanol–water partition coefficient (Wildman–Crippen LogP) is 1.19. The first-order valence-electron chi connectivity index (χ1n) is 8.02. The zero-order valence-electron chi connectivity index (χ0n) is 14.2. The maximum Gasteiger partial charge on any atom is 0.330 e. The van der Waals surface area contributed by atoms with Gasteiger partial charge in [-0.25, -0.2) is 4.79 Å². The molecular formula is C18H21N3O4. The van der Waals surface area contributed by atoms with E-state index in [0.29, 0.717) is 17.9 Å². The van der Waals surface area contributed by atoms with Gasteiger partial charge in [0.25, 0.3) is 5.56 Å². The zero-order valence-corrected chi connectivity index (χ0v) is 14.2. The molecule has 3 rings (SSSR count). The van der Waals surface area contributed by atoms with E-state index < -0.39 is 23.1 Å². The Kier molecular flexibility index (Phi) is 4.61. The average Bonchev–Trinajstić information content (AvgIpc) is 2.94. The number of benzene rings is 1. The molecular weight excluding hydrogens is 322 g/mol. The molecule has 0 amide bonds. The number of aromatic amines is 1. The highest BCUT2D eigenvalue weighted by Crippen LogP contribution is 2.35. The van der Waals surface area contributed by atoms with Crippen LogP contribution in [0.3, 0.4) is 0 Å². The van der Waals surface area contributed by atoms with Gasteiger partial charge in [0.05, 0.1) is 0 Å². The van der Waals surface area contributed by atoms with Crippen molar-refractivity contribution in [3.63, 3.8) is 0 Å². The molecule has 1 unspecified atom stereocenters. The van der Waals surface area contributed by atoms with Gasteiger partial charge in [-0.3, -0.25) is 14.3 Å². The summed E-state index contributed by atoms with van der Waals surface area (Å²) in [6.07, 6.45) is 2.50. The van der Waals surface area contributed by atoms with Gasteiger partial charge in [-0.1, -0.05) is 30.3 Å². The molecule has 0 saturated carbocycles. The van der Waals surface area contributed by atoms with Gasteiger partial charge in [0.15, 0.2) is 6.23 Å². The van der Waals surface area contributed by atoms with Crippen LogP contribution < -0.4 is 17.0 Å². The van der Waals surface area contributed by atoms with E-state index in [4.69, 9.17) is 15.2 Å². The van der Waals surface area contributed by atoms with Gasteiger partial charge in [-0.15, -0.1) is 0 Å². The maximum atomic E-state index is 12.1. The van der Waals surface area contributed by atoms with Crippen LogP contribution in [0.2, 0.25) is 0 Å². The largest absolute Gasteiger partial charge is 0.490 e. The number of hydrogen-bond acceptors (Lipinski definition) is 5. The Morgan fingerprint density at radius 3 is 2.72 bits per heavy atom. The van der Waals surface area contributed by atoms with Crippen molar-refractivity contribution in [3.8, 4) is 0 Å². The molecule has 0 bridgehead atoms. The third kappa shape index (κ3) is 3.42. The minimum Gasteiger partial charge on any atom is -0.490 e. The summed E-state index contributed by atoms with van der Waals surface area (Å²) < 4.78 is 13.2. The molecule has 0 radical (unpaired) electrons. The third-order valence-corrected chi connectivity index (χ3v) is 4.24. The SMILES string of the molecule is Cc1cn([C@H]2C=C(OCc3ccccc3)C(C)(CN)O2)c(=O)[nH]c1=O. The van der Waals surface area contributed by atoms with E-state index in [0.717, 1.165) is 5.56 Å². The van der Waals surface area contributed by atoms with Crippen molar-refractivity contribution in [1.82, 2.24) is 9.55 Å². The van der Waals surface area contributed by atoms with Gasteiger partial charge < -0.3 is 15.2 Å². The Balaban J connectivity index is 1.88. The molecule has 2 heterocycles. The Morgan fingerprint density at radius 1 is 1.32 bits per heavy atom. The van der Waals surface area contributed by atoms with Crippen molar-refractivity contribution in [2.24, 2.45) is 5.73 Å². The van der Waals surface area contributed by atoms with E-state index >= 15 is 0 Å². The summed E-state index contributed by atoms with van der Waals surface area (Å²) in [5, 5.41) is 0. The van der Waals surface area contributed by atoms with Crippen LogP contribution in [0, 0.1) is 6.92 Å². The molecule has 1 aromatic carbocycles. The normalized spacial score (nSPS) is 22.7. The number of nitrogens with one attached hydrogen (secondary N) is 1. The summed E-state index contributed by atoms with van der Waals surface area (Å²) in [7, 11) is 0. The maximum absolute atomic E-state index is 12.1. The smallest absolute Gasteiger partial charge is 0.330 e. The van der Waals surface area contributed by atoms with E-state index in [1.54, 1.807) is 13.0 Å². The summed E-state index contributed by atoms with van der Waals surface area (Å²) in [4.78, 5) is 25.9.